The Labute approximate surface area is 116 Å². The molecule has 0 saturated heterocycles. The number of aromatic nitrogens is 2. The summed E-state index contributed by atoms with van der Waals surface area (Å²) < 4.78 is 0. The zero-order valence-electron chi connectivity index (χ0n) is 8.73. The highest BCUT2D eigenvalue weighted by Gasteiger charge is 1.98. The molecule has 17 heavy (non-hydrogen) atoms. The fraction of sp³-hybridized carbons (Fsp3) is 0.0909. The van der Waals surface area contributed by atoms with Crippen molar-refractivity contribution >= 4 is 47.2 Å². The third-order valence-electron chi connectivity index (χ3n) is 1.96. The molecule has 2 aromatic rings. The Morgan fingerprint density at radius 2 is 1.65 bits per heavy atom. The molecule has 6 heteroatoms. The summed E-state index contributed by atoms with van der Waals surface area (Å²) >= 11 is 11.4. The predicted molar refractivity (Wildman–Crippen MR) is 73.6 cm³/mol. The molecule has 0 fully saturated rings. The largest absolute Gasteiger partial charge is 0.324 e. The molecular formula is C11H10Cl3N3. The minimum atomic E-state index is 0. The molecule has 0 radical (unpaired) electrons. The Balaban J connectivity index is 0.00000144. The first-order valence-electron chi connectivity index (χ1n) is 4.67. The summed E-state index contributed by atoms with van der Waals surface area (Å²) in [4.78, 5) is 8.26. The van der Waals surface area contributed by atoms with Gasteiger partial charge < -0.3 is 5.32 Å². The van der Waals surface area contributed by atoms with Gasteiger partial charge in [0.2, 0.25) is 5.95 Å². The van der Waals surface area contributed by atoms with Crippen molar-refractivity contribution < 1.29 is 0 Å². The van der Waals surface area contributed by atoms with Crippen molar-refractivity contribution in [2.45, 2.75) is 5.88 Å². The second-order valence-corrected chi connectivity index (χ2v) is 3.88. The average Bonchev–Trinajstić information content (AvgIpc) is 2.33. The molecule has 0 aliphatic rings. The fourth-order valence-electron chi connectivity index (χ4n) is 1.15. The van der Waals surface area contributed by atoms with E-state index in [-0.39, 0.29) is 12.4 Å². The molecule has 0 spiro atoms. The van der Waals surface area contributed by atoms with Crippen LogP contribution in [0, 0.1) is 0 Å². The van der Waals surface area contributed by atoms with Gasteiger partial charge in [-0.05, 0) is 24.3 Å². The summed E-state index contributed by atoms with van der Waals surface area (Å²) in [6.07, 6.45) is 3.39. The van der Waals surface area contributed by atoms with E-state index < -0.39 is 0 Å². The lowest BCUT2D eigenvalue weighted by atomic mass is 10.3. The number of anilines is 2. The summed E-state index contributed by atoms with van der Waals surface area (Å²) in [5.74, 6) is 0.956. The number of nitrogens with one attached hydrogen (secondary N) is 1. The van der Waals surface area contributed by atoms with Crippen molar-refractivity contribution in [1.82, 2.24) is 9.97 Å². The zero-order chi connectivity index (χ0) is 11.4. The molecule has 0 aliphatic heterocycles. The maximum Gasteiger partial charge on any atom is 0.227 e. The van der Waals surface area contributed by atoms with Gasteiger partial charge in [0, 0.05) is 28.7 Å². The third-order valence-corrected chi connectivity index (χ3v) is 2.52. The highest BCUT2D eigenvalue weighted by atomic mass is 35.5. The van der Waals surface area contributed by atoms with Crippen molar-refractivity contribution in [2.24, 2.45) is 0 Å². The number of hydrogen-bond donors (Lipinski definition) is 1. The molecule has 3 nitrogen and oxygen atoms in total. The molecule has 1 aromatic heterocycles. The van der Waals surface area contributed by atoms with Crippen molar-refractivity contribution in [2.75, 3.05) is 5.32 Å². The number of halogens is 3. The van der Waals surface area contributed by atoms with E-state index in [9.17, 15) is 0 Å². The highest BCUT2D eigenvalue weighted by Crippen LogP contribution is 2.16. The monoisotopic (exact) mass is 289 g/mol. The standard InChI is InChI=1S/C11H9Cl2N3.ClH/c12-5-8-6-14-11(15-7-8)16-10-3-1-9(13)2-4-10;/h1-4,6-7H,5H2,(H,14,15,16);1H. The molecule has 0 saturated carbocycles. The molecule has 0 aliphatic carbocycles. The Morgan fingerprint density at radius 1 is 1.06 bits per heavy atom. The van der Waals surface area contributed by atoms with Crippen LogP contribution in [0.4, 0.5) is 11.6 Å². The van der Waals surface area contributed by atoms with Crippen molar-refractivity contribution in [3.63, 3.8) is 0 Å². The van der Waals surface area contributed by atoms with E-state index in [0.29, 0.717) is 16.9 Å². The topological polar surface area (TPSA) is 37.8 Å². The van der Waals surface area contributed by atoms with Crippen molar-refractivity contribution in [1.29, 1.82) is 0 Å². The molecule has 2 rings (SSSR count). The van der Waals surface area contributed by atoms with Gasteiger partial charge in [0.1, 0.15) is 0 Å². The number of nitrogens with zero attached hydrogens (tertiary/aromatic N) is 2. The Bertz CT molecular complexity index is 456. The smallest absolute Gasteiger partial charge is 0.227 e. The van der Waals surface area contributed by atoms with Crippen molar-refractivity contribution in [3.8, 4) is 0 Å². The van der Waals surface area contributed by atoms with Crippen LogP contribution in [0.5, 0.6) is 0 Å². The van der Waals surface area contributed by atoms with E-state index >= 15 is 0 Å². The van der Waals surface area contributed by atoms with E-state index in [0.717, 1.165) is 11.3 Å². The Kier molecular flexibility index (Phi) is 5.48. The Morgan fingerprint density at radius 3 is 2.18 bits per heavy atom. The van der Waals surface area contributed by atoms with Crippen LogP contribution in [-0.4, -0.2) is 9.97 Å². The Hall–Kier alpha value is -1.03. The van der Waals surface area contributed by atoms with Crippen LogP contribution in [0.15, 0.2) is 36.7 Å². The predicted octanol–water partition coefficient (Wildman–Crippen LogP) is 4.03. The normalized spacial score (nSPS) is 9.53. The van der Waals surface area contributed by atoms with Gasteiger partial charge in [0.05, 0.1) is 5.88 Å². The minimum Gasteiger partial charge on any atom is -0.324 e. The lowest BCUT2D eigenvalue weighted by Gasteiger charge is -2.04. The lowest BCUT2D eigenvalue weighted by molar-refractivity contribution is 1.12. The second-order valence-electron chi connectivity index (χ2n) is 3.18. The van der Waals surface area contributed by atoms with Gasteiger partial charge in [-0.1, -0.05) is 11.6 Å². The highest BCUT2D eigenvalue weighted by molar-refractivity contribution is 6.30. The van der Waals surface area contributed by atoms with Crippen LogP contribution in [0.2, 0.25) is 5.02 Å². The van der Waals surface area contributed by atoms with Crippen LogP contribution >= 0.6 is 35.6 Å². The zero-order valence-corrected chi connectivity index (χ0v) is 11.1. The van der Waals surface area contributed by atoms with Crippen molar-refractivity contribution in [3.05, 3.63) is 47.2 Å². The first kappa shape index (κ1) is 14.0. The van der Waals surface area contributed by atoms with Crippen LogP contribution in [0.25, 0.3) is 0 Å². The van der Waals surface area contributed by atoms with Gasteiger partial charge >= 0.3 is 0 Å². The average molecular weight is 291 g/mol. The third kappa shape index (κ3) is 4.04. The summed E-state index contributed by atoms with van der Waals surface area (Å²) in [6, 6.07) is 7.33. The van der Waals surface area contributed by atoms with E-state index in [1.54, 1.807) is 24.5 Å². The number of rotatable bonds is 3. The van der Waals surface area contributed by atoms with Gasteiger partial charge in [0.15, 0.2) is 0 Å². The van der Waals surface area contributed by atoms with Gasteiger partial charge in [-0.15, -0.1) is 24.0 Å². The number of alkyl halides is 1. The van der Waals surface area contributed by atoms with E-state index in [4.69, 9.17) is 23.2 Å². The maximum atomic E-state index is 5.78. The molecule has 0 amide bonds. The van der Waals surface area contributed by atoms with E-state index in [1.165, 1.54) is 0 Å². The molecule has 1 heterocycles. The molecular weight excluding hydrogens is 281 g/mol. The van der Waals surface area contributed by atoms with Crippen LogP contribution < -0.4 is 5.32 Å². The summed E-state index contributed by atoms with van der Waals surface area (Å²) in [5.41, 5.74) is 1.78. The second kappa shape index (κ2) is 6.64. The van der Waals surface area contributed by atoms with Gasteiger partial charge in [-0.25, -0.2) is 9.97 Å². The minimum absolute atomic E-state index is 0. The maximum absolute atomic E-state index is 5.78. The first-order valence-corrected chi connectivity index (χ1v) is 5.58. The first-order chi connectivity index (χ1) is 7.78. The molecule has 90 valence electrons. The summed E-state index contributed by atoms with van der Waals surface area (Å²) in [6.45, 7) is 0. The van der Waals surface area contributed by atoms with Gasteiger partial charge in [0.25, 0.3) is 0 Å². The van der Waals surface area contributed by atoms with Crippen LogP contribution in [-0.2, 0) is 5.88 Å². The molecule has 0 bridgehead atoms. The fourth-order valence-corrected chi connectivity index (χ4v) is 1.41. The van der Waals surface area contributed by atoms with Gasteiger partial charge in [-0.2, -0.15) is 0 Å². The van der Waals surface area contributed by atoms with Gasteiger partial charge in [-0.3, -0.25) is 0 Å². The molecule has 0 atom stereocenters. The quantitative estimate of drug-likeness (QED) is 0.867. The number of benzene rings is 1. The van der Waals surface area contributed by atoms with Crippen LogP contribution in [0.3, 0.4) is 0 Å². The van der Waals surface area contributed by atoms with E-state index in [1.807, 2.05) is 12.1 Å². The van der Waals surface area contributed by atoms with E-state index in [2.05, 4.69) is 15.3 Å². The molecule has 1 aromatic carbocycles. The molecule has 1 N–H and O–H groups in total. The molecule has 0 unspecified atom stereocenters. The van der Waals surface area contributed by atoms with Crippen LogP contribution in [0.1, 0.15) is 5.56 Å². The number of hydrogen-bond acceptors (Lipinski definition) is 3. The lowest BCUT2D eigenvalue weighted by Crippen LogP contribution is -1.97. The SMILES string of the molecule is Cl.ClCc1cnc(Nc2ccc(Cl)cc2)nc1. The summed E-state index contributed by atoms with van der Waals surface area (Å²) in [5, 5.41) is 3.76. The summed E-state index contributed by atoms with van der Waals surface area (Å²) in [7, 11) is 0.